The van der Waals surface area contributed by atoms with Gasteiger partial charge in [-0.15, -0.1) is 0 Å². The van der Waals surface area contributed by atoms with Gasteiger partial charge in [-0.2, -0.15) is 0 Å². The van der Waals surface area contributed by atoms with E-state index in [1.54, 1.807) is 0 Å². The predicted octanol–water partition coefficient (Wildman–Crippen LogP) is -1.25. The van der Waals surface area contributed by atoms with Gasteiger partial charge in [-0.05, 0) is 12.8 Å². The van der Waals surface area contributed by atoms with Crippen molar-refractivity contribution in [2.45, 2.75) is 26.7 Å². The molecule has 148 valence electrons. The molecule has 0 aromatic carbocycles. The second kappa shape index (κ2) is 16.2. The first-order chi connectivity index (χ1) is 11.5. The summed E-state index contributed by atoms with van der Waals surface area (Å²) < 4.78 is 10.3. The molecular formula is C16H36O8. The molecule has 8 heteroatoms. The molecule has 0 radical (unpaired) electrons. The Bertz CT molecular complexity index is 214. The lowest BCUT2D eigenvalue weighted by molar-refractivity contribution is -0.103. The average Bonchev–Trinajstić information content (AvgIpc) is 2.64. The zero-order valence-corrected chi connectivity index (χ0v) is 15.0. The number of aliphatic hydroxyl groups is 6. The Kier molecular flexibility index (Phi) is 17.5. The van der Waals surface area contributed by atoms with Crippen LogP contribution in [0.15, 0.2) is 0 Å². The van der Waals surface area contributed by atoms with E-state index >= 15 is 0 Å². The topological polar surface area (TPSA) is 140 Å². The maximum atomic E-state index is 9.03. The van der Waals surface area contributed by atoms with Gasteiger partial charge in [-0.25, -0.2) is 0 Å². The fourth-order valence-electron chi connectivity index (χ4n) is 1.45. The van der Waals surface area contributed by atoms with Gasteiger partial charge in [0.2, 0.25) is 0 Å². The third-order valence-electron chi connectivity index (χ3n) is 3.53. The van der Waals surface area contributed by atoms with Crippen molar-refractivity contribution in [2.75, 3.05) is 66.1 Å². The molecule has 0 unspecified atom stereocenters. The van der Waals surface area contributed by atoms with Crippen molar-refractivity contribution in [3.63, 3.8) is 0 Å². The molecule has 24 heavy (non-hydrogen) atoms. The van der Waals surface area contributed by atoms with Crippen LogP contribution >= 0.6 is 0 Å². The minimum absolute atomic E-state index is 0.141. The summed E-state index contributed by atoms with van der Waals surface area (Å²) in [6, 6.07) is 0. The van der Waals surface area contributed by atoms with Crippen LogP contribution in [0.25, 0.3) is 0 Å². The first-order valence-electron chi connectivity index (χ1n) is 8.29. The van der Waals surface area contributed by atoms with Crippen molar-refractivity contribution in [3.05, 3.63) is 0 Å². The molecule has 8 nitrogen and oxygen atoms in total. The SMILES string of the molecule is CCCOCCC.OCC(CO)(CO)COCC(CO)(CO)CO. The van der Waals surface area contributed by atoms with Gasteiger partial charge in [0.15, 0.2) is 0 Å². The molecule has 0 spiro atoms. The highest BCUT2D eigenvalue weighted by molar-refractivity contribution is 4.80. The lowest BCUT2D eigenvalue weighted by atomic mass is 9.91. The highest BCUT2D eigenvalue weighted by Crippen LogP contribution is 2.19. The van der Waals surface area contributed by atoms with Gasteiger partial charge in [-0.3, -0.25) is 0 Å². The summed E-state index contributed by atoms with van der Waals surface area (Å²) in [5.74, 6) is 0. The van der Waals surface area contributed by atoms with Gasteiger partial charge in [0.1, 0.15) is 0 Å². The summed E-state index contributed by atoms with van der Waals surface area (Å²) >= 11 is 0. The number of ether oxygens (including phenoxy) is 2. The van der Waals surface area contributed by atoms with Crippen LogP contribution in [0.3, 0.4) is 0 Å². The van der Waals surface area contributed by atoms with Gasteiger partial charge in [0.05, 0.1) is 63.7 Å². The van der Waals surface area contributed by atoms with E-state index in [4.69, 9.17) is 40.1 Å². The quantitative estimate of drug-likeness (QED) is 0.212. The molecule has 0 aromatic heterocycles. The molecule has 0 aliphatic heterocycles. The Morgan fingerprint density at radius 1 is 0.542 bits per heavy atom. The Hall–Kier alpha value is -0.320. The van der Waals surface area contributed by atoms with Crippen molar-refractivity contribution >= 4 is 0 Å². The molecule has 0 rings (SSSR count). The molecule has 6 N–H and O–H groups in total. The van der Waals surface area contributed by atoms with E-state index < -0.39 is 50.5 Å². The van der Waals surface area contributed by atoms with Crippen LogP contribution in [0.4, 0.5) is 0 Å². The van der Waals surface area contributed by atoms with Crippen molar-refractivity contribution in [1.82, 2.24) is 0 Å². The molecule has 0 saturated heterocycles. The third kappa shape index (κ3) is 10.5. The van der Waals surface area contributed by atoms with E-state index in [1.165, 1.54) is 0 Å². The average molecular weight is 356 g/mol. The minimum atomic E-state index is -1.16. The predicted molar refractivity (Wildman–Crippen MR) is 89.6 cm³/mol. The maximum Gasteiger partial charge on any atom is 0.0629 e. The number of hydrogen-bond donors (Lipinski definition) is 6. The van der Waals surface area contributed by atoms with Crippen molar-refractivity contribution in [1.29, 1.82) is 0 Å². The Balaban J connectivity index is 0. The molecule has 0 aliphatic rings. The maximum absolute atomic E-state index is 9.03. The molecule has 0 saturated carbocycles. The summed E-state index contributed by atoms with van der Waals surface area (Å²) in [7, 11) is 0. The molecule has 0 fully saturated rings. The van der Waals surface area contributed by atoms with Crippen molar-refractivity contribution in [3.8, 4) is 0 Å². The van der Waals surface area contributed by atoms with E-state index in [-0.39, 0.29) is 13.2 Å². The Labute approximate surface area is 144 Å². The van der Waals surface area contributed by atoms with Crippen LogP contribution in [-0.2, 0) is 9.47 Å². The van der Waals surface area contributed by atoms with E-state index in [9.17, 15) is 0 Å². The van der Waals surface area contributed by atoms with Gasteiger partial charge in [0.25, 0.3) is 0 Å². The Morgan fingerprint density at radius 3 is 1.04 bits per heavy atom. The van der Waals surface area contributed by atoms with Gasteiger partial charge in [-0.1, -0.05) is 13.8 Å². The zero-order valence-electron chi connectivity index (χ0n) is 15.0. The Morgan fingerprint density at radius 2 is 0.833 bits per heavy atom. The van der Waals surface area contributed by atoms with Crippen LogP contribution in [-0.4, -0.2) is 96.7 Å². The molecule has 0 bridgehead atoms. The first-order valence-corrected chi connectivity index (χ1v) is 8.29. The van der Waals surface area contributed by atoms with Gasteiger partial charge < -0.3 is 40.1 Å². The van der Waals surface area contributed by atoms with E-state index in [0.29, 0.717) is 0 Å². The number of rotatable bonds is 14. The molecule has 0 amide bonds. The lowest BCUT2D eigenvalue weighted by Crippen LogP contribution is -2.43. The molecule has 0 aromatic rings. The van der Waals surface area contributed by atoms with Crippen molar-refractivity contribution < 1.29 is 40.1 Å². The first kappa shape index (κ1) is 25.9. The fraction of sp³-hybridized carbons (Fsp3) is 1.00. The minimum Gasteiger partial charge on any atom is -0.396 e. The standard InChI is InChI=1S/C10H22O7.C6H14O/c11-1-9(2-12,3-13)7-17-8-10(4-14,5-15)6-16;1-3-5-7-6-4-2/h11-16H,1-8H2;3-6H2,1-2H3. The summed E-state index contributed by atoms with van der Waals surface area (Å²) in [4.78, 5) is 0. The molecule has 0 aliphatic carbocycles. The summed E-state index contributed by atoms with van der Waals surface area (Å²) in [6.45, 7) is 3.09. The zero-order chi connectivity index (χ0) is 18.9. The van der Waals surface area contributed by atoms with Crippen LogP contribution in [0.2, 0.25) is 0 Å². The van der Waals surface area contributed by atoms with E-state index in [0.717, 1.165) is 26.1 Å². The van der Waals surface area contributed by atoms with Crippen LogP contribution in [0.1, 0.15) is 26.7 Å². The highest BCUT2D eigenvalue weighted by atomic mass is 16.5. The second-order valence-corrected chi connectivity index (χ2v) is 6.05. The van der Waals surface area contributed by atoms with E-state index in [1.807, 2.05) is 0 Å². The van der Waals surface area contributed by atoms with Gasteiger partial charge >= 0.3 is 0 Å². The smallest absolute Gasteiger partial charge is 0.0629 e. The molecule has 0 heterocycles. The van der Waals surface area contributed by atoms with Crippen molar-refractivity contribution in [2.24, 2.45) is 10.8 Å². The number of hydrogen-bond acceptors (Lipinski definition) is 8. The largest absolute Gasteiger partial charge is 0.396 e. The monoisotopic (exact) mass is 356 g/mol. The normalized spacial score (nSPS) is 12.0. The summed E-state index contributed by atoms with van der Waals surface area (Å²) in [5.41, 5.74) is -2.32. The fourth-order valence-corrected chi connectivity index (χ4v) is 1.45. The van der Waals surface area contributed by atoms with Gasteiger partial charge in [0, 0.05) is 13.2 Å². The highest BCUT2D eigenvalue weighted by Gasteiger charge is 2.32. The van der Waals surface area contributed by atoms with E-state index in [2.05, 4.69) is 13.8 Å². The lowest BCUT2D eigenvalue weighted by Gasteiger charge is -2.31. The van der Waals surface area contributed by atoms with Crippen LogP contribution in [0, 0.1) is 10.8 Å². The third-order valence-corrected chi connectivity index (χ3v) is 3.53. The second-order valence-electron chi connectivity index (χ2n) is 6.05. The number of aliphatic hydroxyl groups excluding tert-OH is 6. The van der Waals surface area contributed by atoms with Crippen LogP contribution in [0.5, 0.6) is 0 Å². The summed E-state index contributed by atoms with van der Waals surface area (Å²) in [5, 5.41) is 54.2. The molecule has 0 atom stereocenters. The van der Waals surface area contributed by atoms with Crippen LogP contribution < -0.4 is 0 Å². The molecular weight excluding hydrogens is 320 g/mol. The summed E-state index contributed by atoms with van der Waals surface area (Å²) in [6.07, 6.45) is 2.28.